The standard InChI is InChI=1S/C19H22N4O3/c1-12-9-13(2)22(19(26)21-12)8-7-17(24)23-11-15-6-4-3-5-14(15)10-16(23)18(20)25/h3-6,9,16H,7-8,10-11H2,1-2H3,(H2,20,25). The van der Waals surface area contributed by atoms with Crippen molar-refractivity contribution in [3.63, 3.8) is 0 Å². The van der Waals surface area contributed by atoms with Crippen LogP contribution in [0.4, 0.5) is 0 Å². The molecule has 0 radical (unpaired) electrons. The lowest BCUT2D eigenvalue weighted by molar-refractivity contribution is -0.140. The number of nitrogens with two attached hydrogens (primary N) is 1. The second-order valence-corrected chi connectivity index (χ2v) is 6.64. The molecule has 1 aliphatic heterocycles. The van der Waals surface area contributed by atoms with E-state index >= 15 is 0 Å². The van der Waals surface area contributed by atoms with Gasteiger partial charge in [0, 0.05) is 37.3 Å². The number of amides is 2. The Kier molecular flexibility index (Phi) is 4.88. The Morgan fingerprint density at radius 3 is 2.58 bits per heavy atom. The number of primary amides is 1. The van der Waals surface area contributed by atoms with Gasteiger partial charge in [0.25, 0.3) is 0 Å². The van der Waals surface area contributed by atoms with Gasteiger partial charge < -0.3 is 10.6 Å². The molecule has 0 aliphatic carbocycles. The summed E-state index contributed by atoms with van der Waals surface area (Å²) in [5, 5.41) is 0. The van der Waals surface area contributed by atoms with E-state index in [0.29, 0.717) is 18.7 Å². The highest BCUT2D eigenvalue weighted by molar-refractivity contribution is 5.87. The first-order valence-electron chi connectivity index (χ1n) is 8.57. The third-order valence-corrected chi connectivity index (χ3v) is 4.79. The van der Waals surface area contributed by atoms with Crippen molar-refractivity contribution in [1.82, 2.24) is 14.5 Å². The van der Waals surface area contributed by atoms with Gasteiger partial charge in [0.2, 0.25) is 11.8 Å². The third kappa shape index (κ3) is 3.51. The number of rotatable bonds is 4. The molecule has 2 N–H and O–H groups in total. The average Bonchev–Trinajstić information content (AvgIpc) is 2.59. The summed E-state index contributed by atoms with van der Waals surface area (Å²) in [6, 6.07) is 8.86. The number of carbonyl (C=O) groups excluding carboxylic acids is 2. The third-order valence-electron chi connectivity index (χ3n) is 4.79. The molecule has 2 amide bonds. The van der Waals surface area contributed by atoms with E-state index in [2.05, 4.69) is 4.98 Å². The Morgan fingerprint density at radius 1 is 1.23 bits per heavy atom. The SMILES string of the molecule is Cc1cc(C)n(CCC(=O)N2Cc3ccccc3CC2C(N)=O)c(=O)n1. The van der Waals surface area contributed by atoms with Gasteiger partial charge in [-0.3, -0.25) is 14.2 Å². The lowest BCUT2D eigenvalue weighted by Gasteiger charge is -2.35. The molecule has 0 spiro atoms. The second-order valence-electron chi connectivity index (χ2n) is 6.64. The fourth-order valence-electron chi connectivity index (χ4n) is 3.44. The molecule has 7 heteroatoms. The smallest absolute Gasteiger partial charge is 0.347 e. The van der Waals surface area contributed by atoms with Gasteiger partial charge in [-0.05, 0) is 31.0 Å². The van der Waals surface area contributed by atoms with Crippen molar-refractivity contribution in [2.45, 2.75) is 45.8 Å². The highest BCUT2D eigenvalue weighted by Crippen LogP contribution is 2.24. The predicted octanol–water partition coefficient (Wildman–Crippen LogP) is 0.689. The fraction of sp³-hybridized carbons (Fsp3) is 0.368. The van der Waals surface area contributed by atoms with E-state index in [9.17, 15) is 14.4 Å². The Hall–Kier alpha value is -2.96. The lowest BCUT2D eigenvalue weighted by atomic mass is 9.93. The molecular formula is C19H22N4O3. The monoisotopic (exact) mass is 354 g/mol. The molecule has 1 atom stereocenters. The zero-order valence-corrected chi connectivity index (χ0v) is 14.9. The number of hydrogen-bond acceptors (Lipinski definition) is 4. The summed E-state index contributed by atoms with van der Waals surface area (Å²) >= 11 is 0. The Labute approximate surface area is 151 Å². The Bertz CT molecular complexity index is 919. The number of benzene rings is 1. The second kappa shape index (κ2) is 7.11. The van der Waals surface area contributed by atoms with Gasteiger partial charge in [-0.2, -0.15) is 4.98 Å². The van der Waals surface area contributed by atoms with Gasteiger partial charge in [-0.25, -0.2) is 4.79 Å². The first kappa shape index (κ1) is 17.8. The highest BCUT2D eigenvalue weighted by atomic mass is 16.2. The minimum atomic E-state index is -0.661. The van der Waals surface area contributed by atoms with Crippen LogP contribution in [-0.2, 0) is 29.1 Å². The van der Waals surface area contributed by atoms with Crippen LogP contribution in [0.3, 0.4) is 0 Å². The van der Waals surface area contributed by atoms with Crippen molar-refractivity contribution >= 4 is 11.8 Å². The van der Waals surface area contributed by atoms with Crippen LogP contribution >= 0.6 is 0 Å². The van der Waals surface area contributed by atoms with Gasteiger partial charge in [0.15, 0.2) is 0 Å². The lowest BCUT2D eigenvalue weighted by Crippen LogP contribution is -2.51. The first-order valence-corrected chi connectivity index (χ1v) is 8.57. The first-order chi connectivity index (χ1) is 12.4. The van der Waals surface area contributed by atoms with E-state index in [0.717, 1.165) is 16.8 Å². The van der Waals surface area contributed by atoms with Gasteiger partial charge >= 0.3 is 5.69 Å². The number of hydrogen-bond donors (Lipinski definition) is 1. The predicted molar refractivity (Wildman–Crippen MR) is 96.3 cm³/mol. The van der Waals surface area contributed by atoms with Crippen LogP contribution in [0.5, 0.6) is 0 Å². The van der Waals surface area contributed by atoms with Gasteiger partial charge in [0.1, 0.15) is 6.04 Å². The minimum Gasteiger partial charge on any atom is -0.368 e. The molecule has 3 rings (SSSR count). The van der Waals surface area contributed by atoms with E-state index in [1.807, 2.05) is 31.2 Å². The van der Waals surface area contributed by atoms with Gasteiger partial charge in [-0.15, -0.1) is 0 Å². The van der Waals surface area contributed by atoms with Crippen LogP contribution in [0.25, 0.3) is 0 Å². The summed E-state index contributed by atoms with van der Waals surface area (Å²) in [7, 11) is 0. The van der Waals surface area contributed by atoms with Crippen LogP contribution in [0.1, 0.15) is 28.9 Å². The Morgan fingerprint density at radius 2 is 1.92 bits per heavy atom. The molecule has 2 aromatic rings. The molecular weight excluding hydrogens is 332 g/mol. The zero-order valence-electron chi connectivity index (χ0n) is 14.9. The molecule has 26 heavy (non-hydrogen) atoms. The number of carbonyl (C=O) groups is 2. The molecule has 7 nitrogen and oxygen atoms in total. The molecule has 0 fully saturated rings. The van der Waals surface area contributed by atoms with Crippen LogP contribution in [0.2, 0.25) is 0 Å². The molecule has 0 saturated heterocycles. The molecule has 1 unspecified atom stereocenters. The normalized spacial score (nSPS) is 16.2. The summed E-state index contributed by atoms with van der Waals surface area (Å²) in [4.78, 5) is 42.1. The van der Waals surface area contributed by atoms with E-state index in [1.165, 1.54) is 9.47 Å². The molecule has 0 saturated carbocycles. The van der Waals surface area contributed by atoms with Crippen molar-refractivity contribution < 1.29 is 9.59 Å². The van der Waals surface area contributed by atoms with Crippen molar-refractivity contribution in [3.8, 4) is 0 Å². The number of aromatic nitrogens is 2. The van der Waals surface area contributed by atoms with E-state index in [4.69, 9.17) is 5.73 Å². The van der Waals surface area contributed by atoms with E-state index in [-0.39, 0.29) is 24.6 Å². The van der Waals surface area contributed by atoms with Gasteiger partial charge in [0.05, 0.1) is 0 Å². The highest BCUT2D eigenvalue weighted by Gasteiger charge is 2.32. The number of aryl methyl sites for hydroxylation is 2. The molecule has 0 bridgehead atoms. The van der Waals surface area contributed by atoms with Crippen molar-refractivity contribution in [1.29, 1.82) is 0 Å². The summed E-state index contributed by atoms with van der Waals surface area (Å²) in [5.41, 5.74) is 8.62. The molecule has 1 aliphatic rings. The maximum absolute atomic E-state index is 12.8. The topological polar surface area (TPSA) is 98.3 Å². The van der Waals surface area contributed by atoms with Crippen LogP contribution in [-0.4, -0.2) is 32.3 Å². The van der Waals surface area contributed by atoms with E-state index in [1.54, 1.807) is 13.0 Å². The van der Waals surface area contributed by atoms with Gasteiger partial charge in [-0.1, -0.05) is 24.3 Å². The summed E-state index contributed by atoms with van der Waals surface area (Å²) in [6.45, 7) is 4.14. The fourth-order valence-corrected chi connectivity index (χ4v) is 3.44. The molecule has 136 valence electrons. The van der Waals surface area contributed by atoms with Crippen molar-refractivity contribution in [2.75, 3.05) is 0 Å². The summed E-state index contributed by atoms with van der Waals surface area (Å²) in [6.07, 6.45) is 0.528. The largest absolute Gasteiger partial charge is 0.368 e. The Balaban J connectivity index is 1.78. The van der Waals surface area contributed by atoms with Crippen molar-refractivity contribution in [3.05, 3.63) is 63.3 Å². The zero-order chi connectivity index (χ0) is 18.8. The minimum absolute atomic E-state index is 0.109. The van der Waals surface area contributed by atoms with Crippen LogP contribution in [0.15, 0.2) is 35.1 Å². The van der Waals surface area contributed by atoms with Crippen LogP contribution < -0.4 is 11.4 Å². The van der Waals surface area contributed by atoms with Crippen molar-refractivity contribution in [2.24, 2.45) is 5.73 Å². The molecule has 1 aromatic heterocycles. The molecule has 2 heterocycles. The maximum Gasteiger partial charge on any atom is 0.347 e. The summed E-state index contributed by atoms with van der Waals surface area (Å²) < 4.78 is 1.47. The van der Waals surface area contributed by atoms with E-state index < -0.39 is 11.9 Å². The quantitative estimate of drug-likeness (QED) is 0.873. The van der Waals surface area contributed by atoms with Crippen LogP contribution in [0, 0.1) is 13.8 Å². The molecule has 1 aromatic carbocycles. The average molecular weight is 354 g/mol. The summed E-state index contributed by atoms with van der Waals surface area (Å²) in [5.74, 6) is -0.714. The maximum atomic E-state index is 12.8. The number of fused-ring (bicyclic) bond motifs is 1. The number of nitrogens with zero attached hydrogens (tertiary/aromatic N) is 3.